The highest BCUT2D eigenvalue weighted by Crippen LogP contribution is 2.33. The first-order valence-electron chi connectivity index (χ1n) is 15.5. The number of hydrogen-bond acceptors (Lipinski definition) is 8. The van der Waals surface area contributed by atoms with E-state index in [4.69, 9.17) is 21.1 Å². The van der Waals surface area contributed by atoms with Crippen molar-refractivity contribution in [1.82, 2.24) is 24.7 Å². The van der Waals surface area contributed by atoms with Crippen molar-refractivity contribution in [2.75, 3.05) is 77.5 Å². The standard InChI is InChI=1S/C32H45ClN6O4/c1-22-6-7-27(16-29(22)33)39(32(41)43-28-8-12-36(13-9-28)14-15-42-4)11-5-10-37-17-25-19-38(20-26(25)18-37)31(40)30-23(2)34-21-35-24(30)3/h6-7,16,21,25-26,28H,5,8-15,17-20H2,1-4H3. The summed E-state index contributed by atoms with van der Waals surface area (Å²) >= 11 is 6.46. The van der Waals surface area contributed by atoms with E-state index in [0.29, 0.717) is 35.6 Å². The molecule has 5 rings (SSSR count). The summed E-state index contributed by atoms with van der Waals surface area (Å²) in [5, 5.41) is 0.640. The van der Waals surface area contributed by atoms with Crippen LogP contribution in [0.3, 0.4) is 0 Å². The quantitative estimate of drug-likeness (QED) is 0.394. The molecule has 2 amide bonds. The van der Waals surface area contributed by atoms with Crippen molar-refractivity contribution in [2.45, 2.75) is 46.1 Å². The molecular weight excluding hydrogens is 568 g/mol. The second-order valence-electron chi connectivity index (χ2n) is 12.3. The van der Waals surface area contributed by atoms with Gasteiger partial charge < -0.3 is 24.2 Å². The highest BCUT2D eigenvalue weighted by Gasteiger charge is 2.42. The first kappa shape index (κ1) is 31.6. The molecule has 3 aliphatic rings. The minimum absolute atomic E-state index is 0.0445. The molecule has 1 aromatic heterocycles. The molecule has 11 heteroatoms. The molecule has 3 aliphatic heterocycles. The Morgan fingerprint density at radius 3 is 2.28 bits per heavy atom. The SMILES string of the molecule is COCCN1CCC(OC(=O)N(CCCN2CC3CN(C(=O)c4c(C)ncnc4C)CC3C2)c2ccc(C)c(Cl)c2)CC1. The van der Waals surface area contributed by atoms with E-state index in [9.17, 15) is 9.59 Å². The van der Waals surface area contributed by atoms with Crippen LogP contribution in [0.2, 0.25) is 5.02 Å². The lowest BCUT2D eigenvalue weighted by Crippen LogP contribution is -2.42. The molecule has 234 valence electrons. The van der Waals surface area contributed by atoms with Gasteiger partial charge >= 0.3 is 6.09 Å². The Morgan fingerprint density at radius 1 is 0.977 bits per heavy atom. The van der Waals surface area contributed by atoms with Crippen molar-refractivity contribution in [3.8, 4) is 0 Å². The van der Waals surface area contributed by atoms with Crippen LogP contribution in [-0.2, 0) is 9.47 Å². The Hall–Kier alpha value is -2.79. The van der Waals surface area contributed by atoms with E-state index >= 15 is 0 Å². The van der Waals surface area contributed by atoms with Gasteiger partial charge in [0.05, 0.1) is 23.6 Å². The highest BCUT2D eigenvalue weighted by molar-refractivity contribution is 6.31. The topological polar surface area (TPSA) is 91.3 Å². The third-order valence-electron chi connectivity index (χ3n) is 9.25. The normalized spacial score (nSPS) is 21.3. The molecule has 0 saturated carbocycles. The van der Waals surface area contributed by atoms with Gasteiger partial charge in [0, 0.05) is 70.2 Å². The minimum atomic E-state index is -0.307. The number of carbonyl (C=O) groups excluding carboxylic acids is 2. The summed E-state index contributed by atoms with van der Waals surface area (Å²) in [7, 11) is 1.72. The Bertz CT molecular complexity index is 1250. The number of aromatic nitrogens is 2. The molecule has 1 aromatic carbocycles. The Kier molecular flexibility index (Phi) is 10.5. The van der Waals surface area contributed by atoms with Crippen molar-refractivity contribution < 1.29 is 19.1 Å². The molecule has 0 aliphatic carbocycles. The van der Waals surface area contributed by atoms with Crippen LogP contribution in [-0.4, -0.2) is 115 Å². The zero-order valence-electron chi connectivity index (χ0n) is 25.9. The molecule has 43 heavy (non-hydrogen) atoms. The maximum absolute atomic E-state index is 13.5. The van der Waals surface area contributed by atoms with Crippen LogP contribution in [0.5, 0.6) is 0 Å². The number of methoxy groups -OCH3 is 1. The molecular formula is C32H45ClN6O4. The predicted octanol–water partition coefficient (Wildman–Crippen LogP) is 4.20. The van der Waals surface area contributed by atoms with Gasteiger partial charge in [-0.25, -0.2) is 14.8 Å². The van der Waals surface area contributed by atoms with E-state index in [1.54, 1.807) is 12.0 Å². The molecule has 0 radical (unpaired) electrons. The van der Waals surface area contributed by atoms with Crippen LogP contribution < -0.4 is 4.90 Å². The Labute approximate surface area is 260 Å². The average Bonchev–Trinajstić information content (AvgIpc) is 3.55. The van der Waals surface area contributed by atoms with Gasteiger partial charge in [0.1, 0.15) is 12.4 Å². The number of ether oxygens (including phenoxy) is 2. The fourth-order valence-electron chi connectivity index (χ4n) is 6.70. The van der Waals surface area contributed by atoms with Crippen LogP contribution in [0, 0.1) is 32.6 Å². The number of carbonyl (C=O) groups is 2. The lowest BCUT2D eigenvalue weighted by atomic mass is 10.0. The number of piperidine rings is 1. The zero-order valence-corrected chi connectivity index (χ0v) is 26.7. The lowest BCUT2D eigenvalue weighted by molar-refractivity contribution is 0.0462. The largest absolute Gasteiger partial charge is 0.446 e. The van der Waals surface area contributed by atoms with Crippen LogP contribution in [0.25, 0.3) is 0 Å². The van der Waals surface area contributed by atoms with Crippen LogP contribution in [0.4, 0.5) is 10.5 Å². The van der Waals surface area contributed by atoms with E-state index < -0.39 is 0 Å². The van der Waals surface area contributed by atoms with Gasteiger partial charge in [-0.1, -0.05) is 17.7 Å². The number of halogens is 1. The zero-order chi connectivity index (χ0) is 30.5. The van der Waals surface area contributed by atoms with Crippen LogP contribution in [0.15, 0.2) is 24.5 Å². The number of benzene rings is 1. The number of fused-ring (bicyclic) bond motifs is 1. The first-order valence-corrected chi connectivity index (χ1v) is 15.9. The summed E-state index contributed by atoms with van der Waals surface area (Å²) in [6.07, 6.45) is 3.58. The lowest BCUT2D eigenvalue weighted by Gasteiger charge is -2.33. The monoisotopic (exact) mass is 612 g/mol. The van der Waals surface area contributed by atoms with Gasteiger partial charge in [0.25, 0.3) is 5.91 Å². The van der Waals surface area contributed by atoms with Crippen molar-refractivity contribution in [3.05, 3.63) is 52.1 Å². The molecule has 0 N–H and O–H groups in total. The molecule has 0 bridgehead atoms. The second-order valence-corrected chi connectivity index (χ2v) is 12.7. The number of aryl methyl sites for hydroxylation is 3. The van der Waals surface area contributed by atoms with E-state index in [2.05, 4.69) is 19.8 Å². The van der Waals surface area contributed by atoms with Crippen molar-refractivity contribution in [2.24, 2.45) is 11.8 Å². The smallest absolute Gasteiger partial charge is 0.414 e. The average molecular weight is 613 g/mol. The molecule has 3 saturated heterocycles. The second kappa shape index (κ2) is 14.3. The summed E-state index contributed by atoms with van der Waals surface area (Å²) in [6, 6.07) is 5.76. The van der Waals surface area contributed by atoms with Gasteiger partial charge in [-0.15, -0.1) is 0 Å². The van der Waals surface area contributed by atoms with E-state index in [-0.39, 0.29) is 18.1 Å². The number of hydrogen-bond donors (Lipinski definition) is 0. The van der Waals surface area contributed by atoms with E-state index in [0.717, 1.165) is 94.3 Å². The number of likely N-dealkylation sites (tertiary alicyclic amines) is 3. The van der Waals surface area contributed by atoms with Gasteiger partial charge in [-0.2, -0.15) is 0 Å². The summed E-state index contributed by atoms with van der Waals surface area (Å²) < 4.78 is 11.2. The third kappa shape index (κ3) is 7.66. The fraction of sp³-hybridized carbons (Fsp3) is 0.625. The van der Waals surface area contributed by atoms with Crippen molar-refractivity contribution in [3.63, 3.8) is 0 Å². The number of rotatable bonds is 10. The molecule has 2 aromatic rings. The molecule has 10 nitrogen and oxygen atoms in total. The fourth-order valence-corrected chi connectivity index (χ4v) is 6.88. The first-order chi connectivity index (χ1) is 20.7. The summed E-state index contributed by atoms with van der Waals surface area (Å²) in [5.41, 5.74) is 3.85. The minimum Gasteiger partial charge on any atom is -0.446 e. The molecule has 2 unspecified atom stereocenters. The van der Waals surface area contributed by atoms with Gasteiger partial charge in [-0.3, -0.25) is 9.69 Å². The van der Waals surface area contributed by atoms with Crippen LogP contribution in [0.1, 0.15) is 46.6 Å². The van der Waals surface area contributed by atoms with Crippen molar-refractivity contribution in [1.29, 1.82) is 0 Å². The summed E-state index contributed by atoms with van der Waals surface area (Å²) in [6.45, 7) is 14.0. The predicted molar refractivity (Wildman–Crippen MR) is 167 cm³/mol. The maximum Gasteiger partial charge on any atom is 0.414 e. The molecule has 4 heterocycles. The number of nitrogens with zero attached hydrogens (tertiary/aromatic N) is 6. The highest BCUT2D eigenvalue weighted by atomic mass is 35.5. The summed E-state index contributed by atoms with van der Waals surface area (Å²) in [4.78, 5) is 43.8. The number of anilines is 1. The van der Waals surface area contributed by atoms with Gasteiger partial charge in [0.2, 0.25) is 0 Å². The Balaban J connectivity index is 1.13. The molecule has 2 atom stereocenters. The van der Waals surface area contributed by atoms with E-state index in [1.165, 1.54) is 6.33 Å². The molecule has 0 spiro atoms. The van der Waals surface area contributed by atoms with Gasteiger partial charge in [-0.05, 0) is 76.1 Å². The maximum atomic E-state index is 13.5. The van der Waals surface area contributed by atoms with Gasteiger partial charge in [0.15, 0.2) is 0 Å². The van der Waals surface area contributed by atoms with Crippen LogP contribution >= 0.6 is 11.6 Å². The van der Waals surface area contributed by atoms with Crippen molar-refractivity contribution >= 4 is 29.3 Å². The third-order valence-corrected chi connectivity index (χ3v) is 9.65. The van der Waals surface area contributed by atoms with E-state index in [1.807, 2.05) is 43.9 Å². The molecule has 3 fully saturated rings. The number of amides is 2. The Morgan fingerprint density at radius 2 is 1.65 bits per heavy atom. The summed E-state index contributed by atoms with van der Waals surface area (Å²) in [5.74, 6) is 0.963.